The number of benzene rings is 3. The van der Waals surface area contributed by atoms with Gasteiger partial charge in [-0.25, -0.2) is 9.97 Å². The van der Waals surface area contributed by atoms with Gasteiger partial charge in [0.2, 0.25) is 0 Å². The zero-order chi connectivity index (χ0) is 24.1. The molecule has 1 aromatic heterocycles. The number of fused-ring (bicyclic) bond motifs is 1. The van der Waals surface area contributed by atoms with Crippen molar-refractivity contribution >= 4 is 34.0 Å². The molecule has 0 spiro atoms. The van der Waals surface area contributed by atoms with Crippen molar-refractivity contribution in [3.05, 3.63) is 78.1 Å². The van der Waals surface area contributed by atoms with E-state index in [1.165, 1.54) is 6.33 Å². The van der Waals surface area contributed by atoms with Crippen LogP contribution in [0.3, 0.4) is 0 Å². The molecule has 3 aromatic carbocycles. The van der Waals surface area contributed by atoms with Crippen LogP contribution >= 0.6 is 0 Å². The Kier molecular flexibility index (Phi) is 6.89. The monoisotopic (exact) mass is 457 g/mol. The molecule has 0 aliphatic heterocycles. The fourth-order valence-corrected chi connectivity index (χ4v) is 3.63. The fraction of sp³-hybridized carbons (Fsp3) is 0.192. The predicted octanol–water partition coefficient (Wildman–Crippen LogP) is 4.70. The third-order valence-electron chi connectivity index (χ3n) is 5.24. The second kappa shape index (κ2) is 10.2. The van der Waals surface area contributed by atoms with Crippen molar-refractivity contribution in [1.29, 1.82) is 0 Å². The molecule has 1 amide bonds. The molecule has 8 heteroatoms. The van der Waals surface area contributed by atoms with E-state index in [1.807, 2.05) is 68.7 Å². The number of carbonyl (C=O) groups excluding carboxylic acids is 1. The molecule has 174 valence electrons. The number of carbonyl (C=O) groups is 1. The molecule has 0 radical (unpaired) electrons. The number of methoxy groups -OCH3 is 2. The molecule has 0 aliphatic carbocycles. The minimum absolute atomic E-state index is 0.199. The normalized spacial score (nSPS) is 10.9. The van der Waals surface area contributed by atoms with E-state index < -0.39 is 0 Å². The summed E-state index contributed by atoms with van der Waals surface area (Å²) in [7, 11) is 7.22. The molecule has 0 fully saturated rings. The number of nitrogens with one attached hydrogen (secondary N) is 2. The number of hydrogen-bond donors (Lipinski definition) is 2. The molecule has 4 aromatic rings. The van der Waals surface area contributed by atoms with Gasteiger partial charge in [-0.3, -0.25) is 4.79 Å². The van der Waals surface area contributed by atoms with Crippen LogP contribution in [0.25, 0.3) is 10.9 Å². The first-order valence-corrected chi connectivity index (χ1v) is 10.8. The molecule has 0 aliphatic rings. The highest BCUT2D eigenvalue weighted by molar-refractivity contribution is 6.09. The van der Waals surface area contributed by atoms with E-state index in [4.69, 9.17) is 9.47 Å². The predicted molar refractivity (Wildman–Crippen MR) is 134 cm³/mol. The van der Waals surface area contributed by atoms with Crippen LogP contribution in [0.4, 0.5) is 17.2 Å². The van der Waals surface area contributed by atoms with E-state index in [-0.39, 0.29) is 5.91 Å². The first-order chi connectivity index (χ1) is 16.5. The van der Waals surface area contributed by atoms with E-state index in [9.17, 15) is 4.79 Å². The highest BCUT2D eigenvalue weighted by Crippen LogP contribution is 2.31. The molecular weight excluding hydrogens is 430 g/mol. The van der Waals surface area contributed by atoms with Gasteiger partial charge in [-0.2, -0.15) is 0 Å². The zero-order valence-corrected chi connectivity index (χ0v) is 19.6. The Bertz CT molecular complexity index is 1280. The first-order valence-electron chi connectivity index (χ1n) is 10.8. The van der Waals surface area contributed by atoms with Crippen molar-refractivity contribution < 1.29 is 14.3 Å². The van der Waals surface area contributed by atoms with Crippen molar-refractivity contribution in [1.82, 2.24) is 14.9 Å². The van der Waals surface area contributed by atoms with Gasteiger partial charge >= 0.3 is 0 Å². The number of para-hydroxylation sites is 1. The molecular formula is C26H27N5O3. The van der Waals surface area contributed by atoms with Crippen LogP contribution in [-0.2, 0) is 6.54 Å². The Morgan fingerprint density at radius 1 is 0.941 bits per heavy atom. The number of rotatable bonds is 8. The Morgan fingerprint density at radius 2 is 1.65 bits per heavy atom. The average molecular weight is 458 g/mol. The SMILES string of the molecule is COc1cc(Nc2ncnc3c(NC(=O)c4ccc(CN(C)C)cc4)cccc23)cc(OC)c1. The van der Waals surface area contributed by atoms with E-state index in [2.05, 4.69) is 25.5 Å². The third kappa shape index (κ3) is 5.24. The number of ether oxygens (including phenoxy) is 2. The van der Waals surface area contributed by atoms with Crippen LogP contribution in [0.15, 0.2) is 67.0 Å². The van der Waals surface area contributed by atoms with E-state index in [1.54, 1.807) is 20.3 Å². The van der Waals surface area contributed by atoms with E-state index in [0.717, 1.165) is 23.2 Å². The number of anilines is 3. The van der Waals surface area contributed by atoms with Crippen molar-refractivity contribution in [3.8, 4) is 11.5 Å². The van der Waals surface area contributed by atoms with Gasteiger partial charge in [0.25, 0.3) is 5.91 Å². The molecule has 4 rings (SSSR count). The fourth-order valence-electron chi connectivity index (χ4n) is 3.63. The van der Waals surface area contributed by atoms with Gasteiger partial charge in [0, 0.05) is 41.4 Å². The van der Waals surface area contributed by atoms with Gasteiger partial charge in [-0.05, 0) is 43.9 Å². The van der Waals surface area contributed by atoms with Crippen LogP contribution in [0.5, 0.6) is 11.5 Å². The maximum Gasteiger partial charge on any atom is 0.255 e. The molecule has 0 saturated heterocycles. The van der Waals surface area contributed by atoms with Crippen LogP contribution in [0.1, 0.15) is 15.9 Å². The Labute approximate surface area is 198 Å². The van der Waals surface area contributed by atoms with Crippen LogP contribution in [0, 0.1) is 0 Å². The van der Waals surface area contributed by atoms with E-state index >= 15 is 0 Å². The topological polar surface area (TPSA) is 88.6 Å². The number of nitrogens with zero attached hydrogens (tertiary/aromatic N) is 3. The molecule has 2 N–H and O–H groups in total. The molecule has 0 bridgehead atoms. The molecule has 0 unspecified atom stereocenters. The van der Waals surface area contributed by atoms with Crippen molar-refractivity contribution in [3.63, 3.8) is 0 Å². The molecule has 8 nitrogen and oxygen atoms in total. The molecule has 0 saturated carbocycles. The van der Waals surface area contributed by atoms with Gasteiger partial charge in [0.05, 0.1) is 25.4 Å². The summed E-state index contributed by atoms with van der Waals surface area (Å²) in [5.41, 5.74) is 3.71. The molecule has 0 atom stereocenters. The summed E-state index contributed by atoms with van der Waals surface area (Å²) in [4.78, 5) is 23.8. The quantitative estimate of drug-likeness (QED) is 0.396. The highest BCUT2D eigenvalue weighted by Gasteiger charge is 2.13. The average Bonchev–Trinajstić information content (AvgIpc) is 2.84. The highest BCUT2D eigenvalue weighted by atomic mass is 16.5. The summed E-state index contributed by atoms with van der Waals surface area (Å²) in [6.07, 6.45) is 1.47. The standard InChI is InChI=1S/C26H27N5O3/c1-31(2)15-17-8-10-18(11-9-17)26(32)30-23-7-5-6-22-24(23)27-16-28-25(22)29-19-12-20(33-3)14-21(13-19)34-4/h5-14,16H,15H2,1-4H3,(H,30,32)(H,27,28,29). The first kappa shape index (κ1) is 23.0. The van der Waals surface area contributed by atoms with Crippen LogP contribution in [-0.4, -0.2) is 49.1 Å². The maximum absolute atomic E-state index is 12.9. The Balaban J connectivity index is 1.60. The van der Waals surface area contributed by atoms with Crippen LogP contribution < -0.4 is 20.1 Å². The number of aromatic nitrogens is 2. The minimum atomic E-state index is -0.199. The maximum atomic E-state index is 12.9. The van der Waals surface area contributed by atoms with E-state index in [0.29, 0.717) is 34.1 Å². The lowest BCUT2D eigenvalue weighted by atomic mass is 10.1. The lowest BCUT2D eigenvalue weighted by Gasteiger charge is -2.13. The van der Waals surface area contributed by atoms with Crippen LogP contribution in [0.2, 0.25) is 0 Å². The Hall–Kier alpha value is -4.17. The second-order valence-electron chi connectivity index (χ2n) is 8.04. The summed E-state index contributed by atoms with van der Waals surface area (Å²) in [5, 5.41) is 7.05. The van der Waals surface area contributed by atoms with Crippen molar-refractivity contribution in [2.45, 2.75) is 6.54 Å². The summed E-state index contributed by atoms with van der Waals surface area (Å²) in [6.45, 7) is 0.817. The summed E-state index contributed by atoms with van der Waals surface area (Å²) < 4.78 is 10.7. The smallest absolute Gasteiger partial charge is 0.255 e. The zero-order valence-electron chi connectivity index (χ0n) is 19.6. The summed E-state index contributed by atoms with van der Waals surface area (Å²) >= 11 is 0. The minimum Gasteiger partial charge on any atom is -0.497 e. The molecule has 34 heavy (non-hydrogen) atoms. The Morgan fingerprint density at radius 3 is 2.29 bits per heavy atom. The van der Waals surface area contributed by atoms with Gasteiger partial charge in [-0.15, -0.1) is 0 Å². The van der Waals surface area contributed by atoms with Gasteiger partial charge in [0.1, 0.15) is 23.6 Å². The van der Waals surface area contributed by atoms with Gasteiger partial charge in [0.15, 0.2) is 0 Å². The largest absolute Gasteiger partial charge is 0.497 e. The lowest BCUT2D eigenvalue weighted by molar-refractivity contribution is 0.102. The summed E-state index contributed by atoms with van der Waals surface area (Å²) in [6, 6.07) is 18.7. The molecule has 1 heterocycles. The lowest BCUT2D eigenvalue weighted by Crippen LogP contribution is -2.14. The van der Waals surface area contributed by atoms with Crippen molar-refractivity contribution in [2.24, 2.45) is 0 Å². The van der Waals surface area contributed by atoms with Gasteiger partial charge in [-0.1, -0.05) is 18.2 Å². The third-order valence-corrected chi connectivity index (χ3v) is 5.24. The number of hydrogen-bond acceptors (Lipinski definition) is 7. The number of amides is 1. The van der Waals surface area contributed by atoms with Crippen molar-refractivity contribution in [2.75, 3.05) is 38.9 Å². The summed E-state index contributed by atoms with van der Waals surface area (Å²) in [5.74, 6) is 1.72. The second-order valence-corrected chi connectivity index (χ2v) is 8.04. The van der Waals surface area contributed by atoms with Gasteiger partial charge < -0.3 is 25.0 Å².